The van der Waals surface area contributed by atoms with Crippen molar-refractivity contribution in [2.45, 2.75) is 69.7 Å². The van der Waals surface area contributed by atoms with Crippen molar-refractivity contribution in [1.29, 1.82) is 0 Å². The molecule has 1 aromatic rings. The van der Waals surface area contributed by atoms with E-state index in [-0.39, 0.29) is 17.6 Å². The quantitative estimate of drug-likeness (QED) is 0.643. The maximum Gasteiger partial charge on any atom is 0.407 e. The largest absolute Gasteiger partial charge is 0.450 e. The molecule has 2 fully saturated rings. The molecule has 1 aliphatic heterocycles. The molecule has 2 bridgehead atoms. The Hall–Kier alpha value is -1.81. The first kappa shape index (κ1) is 21.1. The van der Waals surface area contributed by atoms with Crippen LogP contribution in [-0.4, -0.2) is 37.2 Å². The zero-order valence-corrected chi connectivity index (χ0v) is 19.0. The van der Waals surface area contributed by atoms with E-state index in [1.807, 2.05) is 6.92 Å². The molecule has 4 heteroatoms. The molecule has 1 amide bonds. The van der Waals surface area contributed by atoms with E-state index in [1.165, 1.54) is 75.7 Å². The summed E-state index contributed by atoms with van der Waals surface area (Å²) < 4.78 is 5.17. The first-order valence-corrected chi connectivity index (χ1v) is 12.6. The third-order valence-corrected chi connectivity index (χ3v) is 8.53. The number of hydrogen-bond donors (Lipinski definition) is 1. The summed E-state index contributed by atoms with van der Waals surface area (Å²) in [5, 5.41) is 3.13. The number of rotatable bonds is 4. The van der Waals surface area contributed by atoms with Gasteiger partial charge in [-0.1, -0.05) is 36.4 Å². The summed E-state index contributed by atoms with van der Waals surface area (Å²) >= 11 is 0. The number of piperidine rings is 1. The van der Waals surface area contributed by atoms with Gasteiger partial charge < -0.3 is 15.0 Å². The predicted molar refractivity (Wildman–Crippen MR) is 124 cm³/mol. The summed E-state index contributed by atoms with van der Waals surface area (Å²) in [4.78, 5) is 14.9. The van der Waals surface area contributed by atoms with Gasteiger partial charge in [0.15, 0.2) is 0 Å². The van der Waals surface area contributed by atoms with Gasteiger partial charge in [0.2, 0.25) is 0 Å². The van der Waals surface area contributed by atoms with Crippen molar-refractivity contribution in [3.8, 4) is 0 Å². The average molecular weight is 423 g/mol. The minimum atomic E-state index is -0.288. The van der Waals surface area contributed by atoms with E-state index >= 15 is 0 Å². The lowest BCUT2D eigenvalue weighted by Crippen LogP contribution is -2.44. The molecule has 1 aromatic carbocycles. The fourth-order valence-corrected chi connectivity index (χ4v) is 7.00. The van der Waals surface area contributed by atoms with Crippen LogP contribution < -0.4 is 5.32 Å². The van der Waals surface area contributed by atoms with E-state index < -0.39 is 0 Å². The molecule has 0 aromatic heterocycles. The molecule has 4 nitrogen and oxygen atoms in total. The number of carbonyl (C=O) groups excluding carboxylic acids is 1. The van der Waals surface area contributed by atoms with Crippen LogP contribution in [0.1, 0.15) is 75.5 Å². The van der Waals surface area contributed by atoms with Crippen LogP contribution in [0, 0.1) is 17.8 Å². The predicted octanol–water partition coefficient (Wildman–Crippen LogP) is 5.59. The van der Waals surface area contributed by atoms with E-state index in [2.05, 4.69) is 46.6 Å². The molecule has 1 spiro atoms. The summed E-state index contributed by atoms with van der Waals surface area (Å²) in [6.45, 7) is 5.91. The molecule has 1 saturated heterocycles. The van der Waals surface area contributed by atoms with Gasteiger partial charge in [-0.25, -0.2) is 4.79 Å². The minimum Gasteiger partial charge on any atom is -0.450 e. The van der Waals surface area contributed by atoms with E-state index in [1.54, 1.807) is 0 Å². The highest BCUT2D eigenvalue weighted by atomic mass is 16.5. The number of allylic oxidation sites excluding steroid dienone is 2. The molecule has 0 unspecified atom stereocenters. The molecule has 3 aliphatic carbocycles. The SMILES string of the molecule is CCOC(=O)N[C@@H]1CC2(CCN(C[C@H]3CC[C@H]4CC=C[C@@H](C4)C3)CC2)c2ccccc21. The number of benzene rings is 1. The molecule has 31 heavy (non-hydrogen) atoms. The lowest BCUT2D eigenvalue weighted by molar-refractivity contribution is 0.124. The maximum atomic E-state index is 12.1. The van der Waals surface area contributed by atoms with Crippen molar-refractivity contribution >= 4 is 6.09 Å². The van der Waals surface area contributed by atoms with Gasteiger partial charge in [0.25, 0.3) is 0 Å². The topological polar surface area (TPSA) is 41.6 Å². The zero-order valence-electron chi connectivity index (χ0n) is 19.0. The van der Waals surface area contributed by atoms with Crippen molar-refractivity contribution in [1.82, 2.24) is 10.2 Å². The molecule has 1 N–H and O–H groups in total. The fraction of sp³-hybridized carbons (Fsp3) is 0.667. The Balaban J connectivity index is 1.22. The number of carbonyl (C=O) groups is 1. The van der Waals surface area contributed by atoms with Crippen LogP contribution in [0.15, 0.2) is 36.4 Å². The van der Waals surface area contributed by atoms with Gasteiger partial charge in [0, 0.05) is 12.0 Å². The number of ether oxygens (including phenoxy) is 1. The molecule has 168 valence electrons. The smallest absolute Gasteiger partial charge is 0.407 e. The highest BCUT2D eigenvalue weighted by molar-refractivity contribution is 5.68. The second-order valence-corrected chi connectivity index (χ2v) is 10.5. The monoisotopic (exact) mass is 422 g/mol. The van der Waals surface area contributed by atoms with Crippen LogP contribution >= 0.6 is 0 Å². The Morgan fingerprint density at radius 3 is 2.87 bits per heavy atom. The van der Waals surface area contributed by atoms with Crippen LogP contribution in [0.25, 0.3) is 0 Å². The van der Waals surface area contributed by atoms with E-state index in [0.717, 1.165) is 24.2 Å². The van der Waals surface area contributed by atoms with Gasteiger partial charge in [0.05, 0.1) is 12.6 Å². The lowest BCUT2D eigenvalue weighted by atomic mass is 9.73. The Morgan fingerprint density at radius 2 is 2.03 bits per heavy atom. The van der Waals surface area contributed by atoms with Crippen LogP contribution in [0.4, 0.5) is 4.79 Å². The summed E-state index contributed by atoms with van der Waals surface area (Å²) in [5.41, 5.74) is 2.97. The minimum absolute atomic E-state index is 0.0785. The summed E-state index contributed by atoms with van der Waals surface area (Å²) in [6.07, 6.45) is 15.1. The Bertz CT molecular complexity index is 811. The van der Waals surface area contributed by atoms with Gasteiger partial charge in [-0.15, -0.1) is 0 Å². The Morgan fingerprint density at radius 1 is 1.19 bits per heavy atom. The molecule has 1 heterocycles. The molecule has 4 aliphatic rings. The number of alkyl carbamates (subject to hydrolysis) is 1. The third kappa shape index (κ3) is 4.41. The number of hydrogen-bond acceptors (Lipinski definition) is 3. The van der Waals surface area contributed by atoms with Crippen LogP contribution in [0.3, 0.4) is 0 Å². The molecule has 5 rings (SSSR count). The average Bonchev–Trinajstić information content (AvgIpc) is 2.99. The second kappa shape index (κ2) is 8.97. The third-order valence-electron chi connectivity index (χ3n) is 8.53. The molecule has 1 saturated carbocycles. The second-order valence-electron chi connectivity index (χ2n) is 10.5. The van der Waals surface area contributed by atoms with Gasteiger partial charge in [0.1, 0.15) is 0 Å². The number of fused-ring (bicyclic) bond motifs is 4. The van der Waals surface area contributed by atoms with Gasteiger partial charge in [-0.3, -0.25) is 0 Å². The van der Waals surface area contributed by atoms with E-state index in [4.69, 9.17) is 4.74 Å². The summed E-state index contributed by atoms with van der Waals surface area (Å²) in [7, 11) is 0. The number of amides is 1. The van der Waals surface area contributed by atoms with Crippen LogP contribution in [0.5, 0.6) is 0 Å². The Labute approximate surface area is 187 Å². The lowest BCUT2D eigenvalue weighted by Gasteiger charge is -2.41. The molecule has 0 radical (unpaired) electrons. The van der Waals surface area contributed by atoms with Crippen molar-refractivity contribution in [3.63, 3.8) is 0 Å². The van der Waals surface area contributed by atoms with Crippen molar-refractivity contribution < 1.29 is 9.53 Å². The molecular formula is C27H38N2O2. The van der Waals surface area contributed by atoms with Gasteiger partial charge in [-0.2, -0.15) is 0 Å². The van der Waals surface area contributed by atoms with Crippen LogP contribution in [0.2, 0.25) is 0 Å². The first-order valence-electron chi connectivity index (χ1n) is 12.6. The standard InChI is InChI=1S/C27H38N2O2/c1-2-31-26(30)28-25-18-27(24-9-4-3-8-23(24)25)12-14-29(15-13-27)19-22-11-10-20-6-5-7-21(16-20)17-22/h3-5,7-9,20-22,25H,2,6,10-19H2,1H3,(H,28,30)/t20-,21+,22+,25-/m1/s1. The molecular weight excluding hydrogens is 384 g/mol. The zero-order chi connectivity index (χ0) is 21.3. The van der Waals surface area contributed by atoms with E-state index in [0.29, 0.717) is 6.61 Å². The van der Waals surface area contributed by atoms with Crippen molar-refractivity contribution in [3.05, 3.63) is 47.5 Å². The highest BCUT2D eigenvalue weighted by Crippen LogP contribution is 2.51. The van der Waals surface area contributed by atoms with Crippen molar-refractivity contribution in [2.75, 3.05) is 26.2 Å². The Kier molecular flexibility index (Phi) is 6.10. The molecule has 4 atom stereocenters. The first-order chi connectivity index (χ1) is 15.1. The number of nitrogens with one attached hydrogen (secondary N) is 1. The summed E-state index contributed by atoms with van der Waals surface area (Å²) in [6, 6.07) is 8.84. The fourth-order valence-electron chi connectivity index (χ4n) is 7.00. The van der Waals surface area contributed by atoms with E-state index in [9.17, 15) is 4.79 Å². The highest BCUT2D eigenvalue weighted by Gasteiger charge is 2.46. The number of likely N-dealkylation sites (tertiary alicyclic amines) is 1. The summed E-state index contributed by atoms with van der Waals surface area (Å²) in [5.74, 6) is 2.64. The van der Waals surface area contributed by atoms with Crippen molar-refractivity contribution in [2.24, 2.45) is 17.8 Å². The number of nitrogens with zero attached hydrogens (tertiary/aromatic N) is 1. The maximum absolute atomic E-state index is 12.1. The van der Waals surface area contributed by atoms with Gasteiger partial charge in [-0.05, 0) is 100 Å². The van der Waals surface area contributed by atoms with Gasteiger partial charge >= 0.3 is 6.09 Å². The normalized spacial score (nSPS) is 31.8. The van der Waals surface area contributed by atoms with Crippen LogP contribution in [-0.2, 0) is 10.2 Å².